The number of aromatic nitrogens is 3. The summed E-state index contributed by atoms with van der Waals surface area (Å²) in [4.78, 5) is 6.53. The Labute approximate surface area is 137 Å². The lowest BCUT2D eigenvalue weighted by Crippen LogP contribution is -2.36. The quantitative estimate of drug-likeness (QED) is 0.719. The second-order valence-electron chi connectivity index (χ2n) is 5.42. The van der Waals surface area contributed by atoms with Crippen LogP contribution >= 0.6 is 15.9 Å². The van der Waals surface area contributed by atoms with Gasteiger partial charge in [0, 0.05) is 36.1 Å². The number of hydrogen-bond donors (Lipinski definition) is 1. The third kappa shape index (κ3) is 2.52. The summed E-state index contributed by atoms with van der Waals surface area (Å²) in [7, 11) is 0. The van der Waals surface area contributed by atoms with Crippen LogP contribution in [0.2, 0.25) is 0 Å². The van der Waals surface area contributed by atoms with Gasteiger partial charge in [-0.15, -0.1) is 0 Å². The van der Waals surface area contributed by atoms with E-state index in [2.05, 4.69) is 66.3 Å². The van der Waals surface area contributed by atoms with E-state index in [4.69, 9.17) is 0 Å². The molecular weight excluding hydrogens is 340 g/mol. The van der Waals surface area contributed by atoms with Crippen LogP contribution in [0.25, 0.3) is 22.5 Å². The molecule has 0 radical (unpaired) electrons. The number of nitrogens with zero attached hydrogens (tertiary/aromatic N) is 3. The number of rotatable bonds is 3. The second kappa shape index (κ2) is 5.57. The molecule has 0 saturated carbocycles. The average molecular weight is 355 g/mol. The van der Waals surface area contributed by atoms with Crippen molar-refractivity contribution in [1.82, 2.24) is 15.2 Å². The van der Waals surface area contributed by atoms with Crippen LogP contribution < -0.4 is 4.90 Å². The summed E-state index contributed by atoms with van der Waals surface area (Å²) in [6.07, 6.45) is 3.08. The molecular formula is C17H15BrN4. The van der Waals surface area contributed by atoms with Crippen molar-refractivity contribution in [3.63, 3.8) is 0 Å². The molecule has 1 N–H and O–H groups in total. The molecule has 0 spiro atoms. The molecule has 4 nitrogen and oxygen atoms in total. The molecule has 4 rings (SSSR count). The minimum atomic E-state index is 0.819. The van der Waals surface area contributed by atoms with Gasteiger partial charge in [0.15, 0.2) is 0 Å². The molecule has 110 valence electrons. The molecule has 5 heteroatoms. The standard InChI is InChI=1S/C17H15BrN4/c18-17-10-13(6-7-19-17)16-11-15(20-21-16)12-2-4-14(5-3-12)22-8-1-9-22/h2-7,10-11H,1,8-9H2,(H,20,21). The van der Waals surface area contributed by atoms with Crippen LogP contribution in [0.3, 0.4) is 0 Å². The maximum absolute atomic E-state index is 4.43. The first-order valence-corrected chi connectivity index (χ1v) is 8.12. The predicted octanol–water partition coefficient (Wildman–Crippen LogP) is 4.11. The number of halogens is 1. The van der Waals surface area contributed by atoms with Gasteiger partial charge in [0.25, 0.3) is 0 Å². The number of H-pyrrole nitrogens is 1. The van der Waals surface area contributed by atoms with Crippen LogP contribution in [0.4, 0.5) is 5.69 Å². The molecule has 0 amide bonds. The Morgan fingerprint density at radius 2 is 1.82 bits per heavy atom. The molecule has 0 unspecified atom stereocenters. The predicted molar refractivity (Wildman–Crippen MR) is 91.8 cm³/mol. The fourth-order valence-corrected chi connectivity index (χ4v) is 2.97. The molecule has 22 heavy (non-hydrogen) atoms. The molecule has 2 aromatic heterocycles. The topological polar surface area (TPSA) is 44.8 Å². The molecule has 1 aromatic carbocycles. The molecule has 0 aliphatic carbocycles. The van der Waals surface area contributed by atoms with Crippen LogP contribution in [0, 0.1) is 0 Å². The highest BCUT2D eigenvalue weighted by atomic mass is 79.9. The number of hydrogen-bond acceptors (Lipinski definition) is 3. The maximum atomic E-state index is 4.43. The number of aromatic amines is 1. The zero-order valence-electron chi connectivity index (χ0n) is 12.0. The Kier molecular flexibility index (Phi) is 3.42. The van der Waals surface area contributed by atoms with Gasteiger partial charge in [0.05, 0.1) is 11.4 Å². The third-order valence-corrected chi connectivity index (χ3v) is 4.43. The summed E-state index contributed by atoms with van der Waals surface area (Å²) in [6, 6.07) is 14.6. The first-order chi connectivity index (χ1) is 10.8. The molecule has 1 fully saturated rings. The van der Waals surface area contributed by atoms with E-state index in [0.29, 0.717) is 0 Å². The summed E-state index contributed by atoms with van der Waals surface area (Å²) in [5.41, 5.74) is 5.43. The Bertz CT molecular complexity index is 790. The molecule has 1 aliphatic rings. The fourth-order valence-electron chi connectivity index (χ4n) is 2.60. The molecule has 1 aliphatic heterocycles. The van der Waals surface area contributed by atoms with Crippen LogP contribution in [0.15, 0.2) is 53.3 Å². The van der Waals surface area contributed by atoms with Gasteiger partial charge in [0.1, 0.15) is 4.60 Å². The zero-order chi connectivity index (χ0) is 14.9. The Morgan fingerprint density at radius 1 is 1.00 bits per heavy atom. The largest absolute Gasteiger partial charge is 0.371 e. The van der Waals surface area contributed by atoms with E-state index in [9.17, 15) is 0 Å². The number of benzene rings is 1. The third-order valence-electron chi connectivity index (χ3n) is 4.00. The number of anilines is 1. The Balaban J connectivity index is 1.60. The highest BCUT2D eigenvalue weighted by Gasteiger charge is 2.14. The summed E-state index contributed by atoms with van der Waals surface area (Å²) in [6.45, 7) is 2.34. The van der Waals surface area contributed by atoms with Gasteiger partial charge in [-0.2, -0.15) is 5.10 Å². The zero-order valence-corrected chi connectivity index (χ0v) is 13.5. The Hall–Kier alpha value is -2.14. The van der Waals surface area contributed by atoms with Gasteiger partial charge in [-0.1, -0.05) is 12.1 Å². The van der Waals surface area contributed by atoms with E-state index < -0.39 is 0 Å². The molecule has 0 bridgehead atoms. The summed E-state index contributed by atoms with van der Waals surface area (Å²) in [5, 5.41) is 7.53. The van der Waals surface area contributed by atoms with Crippen LogP contribution in [0.5, 0.6) is 0 Å². The van der Waals surface area contributed by atoms with E-state index in [1.54, 1.807) is 6.20 Å². The molecule has 3 aromatic rings. The van der Waals surface area contributed by atoms with Gasteiger partial charge in [-0.3, -0.25) is 5.10 Å². The van der Waals surface area contributed by atoms with E-state index in [0.717, 1.165) is 27.1 Å². The van der Waals surface area contributed by atoms with Gasteiger partial charge in [-0.25, -0.2) is 4.98 Å². The van der Waals surface area contributed by atoms with Gasteiger partial charge < -0.3 is 4.90 Å². The lowest BCUT2D eigenvalue weighted by atomic mass is 10.1. The van der Waals surface area contributed by atoms with E-state index in [1.807, 2.05) is 12.1 Å². The minimum absolute atomic E-state index is 0.819. The SMILES string of the molecule is Brc1cc(-c2cc(-c3ccc(N4CCC4)cc3)n[nH]2)ccn1. The van der Waals surface area contributed by atoms with Crippen LogP contribution in [-0.4, -0.2) is 28.3 Å². The first kappa shape index (κ1) is 13.5. The monoisotopic (exact) mass is 354 g/mol. The molecule has 1 saturated heterocycles. The van der Waals surface area contributed by atoms with Crippen molar-refractivity contribution in [2.75, 3.05) is 18.0 Å². The summed E-state index contributed by atoms with van der Waals surface area (Å²) in [5.74, 6) is 0. The van der Waals surface area contributed by atoms with Crippen molar-refractivity contribution in [2.45, 2.75) is 6.42 Å². The smallest absolute Gasteiger partial charge is 0.106 e. The lowest BCUT2D eigenvalue weighted by Gasteiger charge is -2.33. The van der Waals surface area contributed by atoms with Crippen molar-refractivity contribution < 1.29 is 0 Å². The molecule has 0 atom stereocenters. The maximum Gasteiger partial charge on any atom is 0.106 e. The highest BCUT2D eigenvalue weighted by Crippen LogP contribution is 2.27. The summed E-state index contributed by atoms with van der Waals surface area (Å²) < 4.78 is 0.819. The minimum Gasteiger partial charge on any atom is -0.371 e. The van der Waals surface area contributed by atoms with Crippen molar-refractivity contribution >= 4 is 21.6 Å². The normalized spacial score (nSPS) is 14.0. The lowest BCUT2D eigenvalue weighted by molar-refractivity contribution is 0.618. The molecule has 3 heterocycles. The average Bonchev–Trinajstić information content (AvgIpc) is 2.96. The number of nitrogens with one attached hydrogen (secondary N) is 1. The van der Waals surface area contributed by atoms with Gasteiger partial charge in [-0.05, 0) is 52.7 Å². The second-order valence-corrected chi connectivity index (χ2v) is 6.23. The highest BCUT2D eigenvalue weighted by molar-refractivity contribution is 9.10. The van der Waals surface area contributed by atoms with Crippen LogP contribution in [-0.2, 0) is 0 Å². The van der Waals surface area contributed by atoms with Crippen molar-refractivity contribution in [2.24, 2.45) is 0 Å². The van der Waals surface area contributed by atoms with Crippen molar-refractivity contribution in [1.29, 1.82) is 0 Å². The van der Waals surface area contributed by atoms with Crippen molar-refractivity contribution in [3.05, 3.63) is 53.3 Å². The number of pyridine rings is 1. The van der Waals surface area contributed by atoms with Gasteiger partial charge >= 0.3 is 0 Å². The van der Waals surface area contributed by atoms with Crippen molar-refractivity contribution in [3.8, 4) is 22.5 Å². The van der Waals surface area contributed by atoms with E-state index in [-0.39, 0.29) is 0 Å². The fraction of sp³-hybridized carbons (Fsp3) is 0.176. The Morgan fingerprint density at radius 3 is 2.50 bits per heavy atom. The van der Waals surface area contributed by atoms with Crippen LogP contribution in [0.1, 0.15) is 6.42 Å². The van der Waals surface area contributed by atoms with E-state index in [1.165, 1.54) is 25.2 Å². The van der Waals surface area contributed by atoms with Gasteiger partial charge in [0.2, 0.25) is 0 Å². The van der Waals surface area contributed by atoms with E-state index >= 15 is 0 Å². The summed E-state index contributed by atoms with van der Waals surface area (Å²) >= 11 is 3.39. The first-order valence-electron chi connectivity index (χ1n) is 7.32.